The highest BCUT2D eigenvalue weighted by Gasteiger charge is 2.59. The molecular weight excluding hydrogens is 727 g/mol. The van der Waals surface area contributed by atoms with Crippen LogP contribution in [-0.4, -0.2) is 96.1 Å². The third-order valence-corrected chi connectivity index (χ3v) is 14.1. The van der Waals surface area contributed by atoms with E-state index in [0.717, 1.165) is 70.6 Å². The average molecular weight is 783 g/mol. The number of carboxylic acids is 1. The number of carbonyl (C=O) groups is 1. The van der Waals surface area contributed by atoms with Gasteiger partial charge in [-0.3, -0.25) is 4.21 Å². The fourth-order valence-electron chi connectivity index (χ4n) is 9.81. The van der Waals surface area contributed by atoms with Crippen molar-refractivity contribution in [3.05, 3.63) is 29.3 Å². The highest BCUT2D eigenvalue weighted by molar-refractivity contribution is 7.84. The number of benzene rings is 1. The van der Waals surface area contributed by atoms with E-state index >= 15 is 0 Å². The van der Waals surface area contributed by atoms with E-state index in [1.807, 2.05) is 6.07 Å². The van der Waals surface area contributed by atoms with Crippen molar-refractivity contribution in [2.24, 2.45) is 23.2 Å². The first-order valence-corrected chi connectivity index (χ1v) is 20.6. The average Bonchev–Trinajstić information content (AvgIpc) is 3.42. The van der Waals surface area contributed by atoms with Crippen molar-refractivity contribution in [1.29, 1.82) is 0 Å². The lowest BCUT2D eigenvalue weighted by atomic mass is 9.52. The molecule has 0 bridgehead atoms. The Morgan fingerprint density at radius 2 is 1.58 bits per heavy atom. The highest BCUT2D eigenvalue weighted by atomic mass is 32.2. The summed E-state index contributed by atoms with van der Waals surface area (Å²) in [6.07, 6.45) is -4.32. The van der Waals surface area contributed by atoms with Crippen molar-refractivity contribution in [2.75, 3.05) is 11.5 Å². The van der Waals surface area contributed by atoms with E-state index < -0.39 is 72.4 Å². The summed E-state index contributed by atoms with van der Waals surface area (Å²) in [5.41, 5.74) is 2.18. The molecule has 3 aliphatic carbocycles. The molecule has 5 N–H and O–H groups in total. The molecule has 12 atom stereocenters. The van der Waals surface area contributed by atoms with Gasteiger partial charge in [0.2, 0.25) is 0 Å². The zero-order valence-electron chi connectivity index (χ0n) is 30.2. The van der Waals surface area contributed by atoms with Gasteiger partial charge in [0.15, 0.2) is 12.4 Å². The third-order valence-electron chi connectivity index (χ3n) is 12.6. The largest absolute Gasteiger partial charge is 0.508 e. The Bertz CT molecular complexity index is 1410. The van der Waals surface area contributed by atoms with Crippen LogP contribution in [0.4, 0.5) is 22.0 Å². The lowest BCUT2D eigenvalue weighted by molar-refractivity contribution is -0.312. The number of aliphatic carboxylic acids is 1. The van der Waals surface area contributed by atoms with Crippen LogP contribution in [0, 0.1) is 23.2 Å². The van der Waals surface area contributed by atoms with Crippen molar-refractivity contribution in [3.8, 4) is 5.75 Å². The molecule has 302 valence electrons. The summed E-state index contributed by atoms with van der Waals surface area (Å²) in [5.74, 6) is -4.48. The minimum atomic E-state index is -5.58. The molecule has 9 nitrogen and oxygen atoms in total. The van der Waals surface area contributed by atoms with Gasteiger partial charge in [-0.15, -0.1) is 0 Å². The van der Waals surface area contributed by atoms with E-state index in [2.05, 4.69) is 13.0 Å². The van der Waals surface area contributed by atoms with Crippen LogP contribution < -0.4 is 0 Å². The summed E-state index contributed by atoms with van der Waals surface area (Å²) in [6.45, 7) is 2.20. The molecule has 3 fully saturated rings. The smallest absolute Gasteiger partial charge is 0.453 e. The number of halogens is 5. The summed E-state index contributed by atoms with van der Waals surface area (Å²) in [7, 11) is -1.41. The van der Waals surface area contributed by atoms with Crippen molar-refractivity contribution < 1.29 is 66.0 Å². The zero-order valence-corrected chi connectivity index (χ0v) is 31.0. The van der Waals surface area contributed by atoms with Crippen molar-refractivity contribution in [1.82, 2.24) is 0 Å². The zero-order chi connectivity index (χ0) is 38.7. The number of hydrogen-bond acceptors (Lipinski definition) is 8. The van der Waals surface area contributed by atoms with Crippen LogP contribution in [0.15, 0.2) is 18.2 Å². The monoisotopic (exact) mass is 782 g/mol. The first-order chi connectivity index (χ1) is 24.9. The molecule has 1 aliphatic heterocycles. The molecule has 0 spiro atoms. The summed E-state index contributed by atoms with van der Waals surface area (Å²) in [5, 5.41) is 51.0. The predicted octanol–water partition coefficient (Wildman–Crippen LogP) is 6.60. The number of aliphatic hydroxyl groups is 3. The van der Waals surface area contributed by atoms with Crippen LogP contribution in [0.1, 0.15) is 114 Å². The number of ether oxygens (including phenoxy) is 2. The fourth-order valence-corrected chi connectivity index (χ4v) is 11.0. The molecular formula is C38H55F5O9S. The van der Waals surface area contributed by atoms with Gasteiger partial charge in [-0.2, -0.15) is 22.0 Å². The van der Waals surface area contributed by atoms with Gasteiger partial charge >= 0.3 is 18.1 Å². The van der Waals surface area contributed by atoms with Crippen LogP contribution in [0.5, 0.6) is 5.75 Å². The number of phenols is 1. The number of aliphatic hydroxyl groups excluding tert-OH is 3. The topological polar surface area (TPSA) is 154 Å². The maximum Gasteiger partial charge on any atom is 0.453 e. The Morgan fingerprint density at radius 3 is 2.26 bits per heavy atom. The molecule has 4 aliphatic rings. The molecule has 1 saturated heterocycles. The normalized spacial score (nSPS) is 35.0. The quantitative estimate of drug-likeness (QED) is 0.0870. The molecule has 5 rings (SSSR count). The second-order valence-corrected chi connectivity index (χ2v) is 17.7. The number of phenolic OH excluding ortho intramolecular Hbond substituents is 1. The Labute approximate surface area is 310 Å². The van der Waals surface area contributed by atoms with Crippen molar-refractivity contribution >= 4 is 16.8 Å². The van der Waals surface area contributed by atoms with E-state index in [1.54, 1.807) is 6.07 Å². The number of unbranched alkanes of at least 4 members (excludes halogenated alkanes) is 6. The second-order valence-electron chi connectivity index (χ2n) is 16.0. The van der Waals surface area contributed by atoms with E-state index in [-0.39, 0.29) is 28.9 Å². The van der Waals surface area contributed by atoms with Crippen molar-refractivity contribution in [2.45, 2.75) is 158 Å². The van der Waals surface area contributed by atoms with Gasteiger partial charge in [-0.05, 0) is 104 Å². The van der Waals surface area contributed by atoms with Gasteiger partial charge in [-0.25, -0.2) is 4.79 Å². The van der Waals surface area contributed by atoms with Crippen LogP contribution >= 0.6 is 0 Å². The van der Waals surface area contributed by atoms with Gasteiger partial charge < -0.3 is 35.0 Å². The Hall–Kier alpha value is -1.91. The van der Waals surface area contributed by atoms with Gasteiger partial charge in [0.05, 0.1) is 6.10 Å². The summed E-state index contributed by atoms with van der Waals surface area (Å²) in [4.78, 5) is 11.7. The summed E-state index contributed by atoms with van der Waals surface area (Å²) in [6, 6.07) is 5.69. The standard InChI is InChI=1S/C38H55F5O9S/c1-36-17-15-26-25-12-11-24(44)21-23(25)20-22(10-7-5-3-2-4-6-8-18-53(50)19-9-16-37(39,40)38(41,42)43)29(26)27(36)13-14-28(36)51-35-32(47)30(45)31(46)33(52-35)34(48)49/h11-12,21-22,26-33,35,44-47H,2-10,13-20H2,1H3,(H,48,49)/t22-,26-,27+,28+,29-,30?,31?,32?,33?,35?,36+,53?/m0/s1. The number of rotatable bonds is 17. The van der Waals surface area contributed by atoms with Gasteiger partial charge in [0, 0.05) is 28.7 Å². The van der Waals surface area contributed by atoms with Gasteiger partial charge in [-0.1, -0.05) is 51.5 Å². The van der Waals surface area contributed by atoms with E-state index in [1.165, 1.54) is 11.1 Å². The van der Waals surface area contributed by atoms with Crippen molar-refractivity contribution in [3.63, 3.8) is 0 Å². The maximum absolute atomic E-state index is 13.1. The molecule has 6 unspecified atom stereocenters. The number of hydrogen-bond donors (Lipinski definition) is 5. The molecule has 0 aromatic heterocycles. The molecule has 1 aromatic carbocycles. The molecule has 1 aromatic rings. The number of carboxylic acid groups (broad SMARTS) is 1. The second kappa shape index (κ2) is 17.5. The number of aromatic hydroxyl groups is 1. The van der Waals surface area contributed by atoms with E-state index in [4.69, 9.17) is 9.47 Å². The maximum atomic E-state index is 13.1. The Kier molecular flexibility index (Phi) is 13.9. The molecule has 2 saturated carbocycles. The number of alkyl halides is 5. The van der Waals surface area contributed by atoms with Crippen LogP contribution in [-0.2, 0) is 31.5 Å². The van der Waals surface area contributed by atoms with Crippen LogP contribution in [0.2, 0.25) is 0 Å². The Balaban J connectivity index is 1.11. The molecule has 53 heavy (non-hydrogen) atoms. The molecule has 1 heterocycles. The first-order valence-electron chi connectivity index (χ1n) is 19.1. The minimum absolute atomic E-state index is 0.160. The predicted molar refractivity (Wildman–Crippen MR) is 186 cm³/mol. The first kappa shape index (κ1) is 42.2. The van der Waals surface area contributed by atoms with Gasteiger partial charge in [0.1, 0.15) is 24.1 Å². The highest BCUT2D eigenvalue weighted by Crippen LogP contribution is 2.63. The van der Waals surface area contributed by atoms with E-state index in [9.17, 15) is 56.5 Å². The Morgan fingerprint density at radius 1 is 0.925 bits per heavy atom. The lowest BCUT2D eigenvalue weighted by Gasteiger charge is -2.54. The van der Waals surface area contributed by atoms with Gasteiger partial charge in [0.25, 0.3) is 0 Å². The molecule has 0 amide bonds. The molecule has 15 heteroatoms. The third kappa shape index (κ3) is 9.56. The summed E-state index contributed by atoms with van der Waals surface area (Å²) >= 11 is 0. The SMILES string of the molecule is C[C@@]12CC[C@H]3c4ccc(O)cc4C[C@H](CCCCCCCCCS(=O)CCCC(F)(F)C(F)(F)F)[C@@H]3[C@H]1CC[C@H]2OC1OC(C(=O)O)C(O)C(O)C1O. The van der Waals surface area contributed by atoms with Crippen LogP contribution in [0.25, 0.3) is 0 Å². The number of fused-ring (bicyclic) bond motifs is 5. The summed E-state index contributed by atoms with van der Waals surface area (Å²) < 4.78 is 86.9. The minimum Gasteiger partial charge on any atom is -0.508 e. The molecule has 0 radical (unpaired) electrons. The van der Waals surface area contributed by atoms with E-state index in [0.29, 0.717) is 36.3 Å². The van der Waals surface area contributed by atoms with Crippen LogP contribution in [0.3, 0.4) is 0 Å². The lowest BCUT2D eigenvalue weighted by Crippen LogP contribution is -2.61. The fraction of sp³-hybridized carbons (Fsp3) is 0.816.